The molecule has 2 unspecified atom stereocenters. The predicted molar refractivity (Wildman–Crippen MR) is 79.3 cm³/mol. The number of carboxylic acids is 1. The molecule has 0 aromatic heterocycles. The molecular weight excluding hydrogens is 240 g/mol. The number of aliphatic hydroxyl groups excluding tert-OH is 1. The molecule has 0 spiro atoms. The van der Waals surface area contributed by atoms with E-state index < -0.39 is 5.97 Å². The van der Waals surface area contributed by atoms with Gasteiger partial charge in [-0.1, -0.05) is 58.3 Å². The molecule has 114 valence electrons. The summed E-state index contributed by atoms with van der Waals surface area (Å²) in [4.78, 5) is 10.5. The molecular formula is C16H32O3. The molecule has 0 rings (SSSR count). The third-order valence-corrected chi connectivity index (χ3v) is 3.84. The molecule has 2 atom stereocenters. The van der Waals surface area contributed by atoms with Gasteiger partial charge in [-0.25, -0.2) is 0 Å². The maximum Gasteiger partial charge on any atom is 0.303 e. The number of unbranched alkanes of at least 4 members (excludes halogenated alkanes) is 7. The van der Waals surface area contributed by atoms with Crippen molar-refractivity contribution in [2.24, 2.45) is 5.92 Å². The summed E-state index contributed by atoms with van der Waals surface area (Å²) in [6, 6.07) is 0. The first kappa shape index (κ1) is 18.4. The van der Waals surface area contributed by atoms with Crippen molar-refractivity contribution in [2.75, 3.05) is 0 Å². The molecule has 19 heavy (non-hydrogen) atoms. The Bertz CT molecular complexity index is 214. The quantitative estimate of drug-likeness (QED) is 0.489. The second kappa shape index (κ2) is 12.5. The van der Waals surface area contributed by atoms with E-state index in [4.69, 9.17) is 5.11 Å². The lowest BCUT2D eigenvalue weighted by Crippen LogP contribution is -2.18. The van der Waals surface area contributed by atoms with Crippen molar-refractivity contribution in [1.29, 1.82) is 0 Å². The SMILES string of the molecule is CCCCCCCCCCC(CCC(=O)O)C(C)O. The molecule has 3 nitrogen and oxygen atoms in total. The van der Waals surface area contributed by atoms with Crippen LogP contribution in [0.1, 0.15) is 84.5 Å². The maximum absolute atomic E-state index is 10.5. The van der Waals surface area contributed by atoms with Crippen molar-refractivity contribution in [3.63, 3.8) is 0 Å². The highest BCUT2D eigenvalue weighted by Gasteiger charge is 2.15. The molecule has 0 saturated heterocycles. The lowest BCUT2D eigenvalue weighted by atomic mass is 9.91. The number of aliphatic hydroxyl groups is 1. The number of carbonyl (C=O) groups is 1. The summed E-state index contributed by atoms with van der Waals surface area (Å²) in [5.74, 6) is -0.613. The van der Waals surface area contributed by atoms with Crippen molar-refractivity contribution < 1.29 is 15.0 Å². The minimum absolute atomic E-state index is 0.149. The van der Waals surface area contributed by atoms with E-state index in [0.29, 0.717) is 6.42 Å². The second-order valence-corrected chi connectivity index (χ2v) is 5.70. The van der Waals surface area contributed by atoms with Crippen molar-refractivity contribution in [3.8, 4) is 0 Å². The van der Waals surface area contributed by atoms with Gasteiger partial charge in [-0.2, -0.15) is 0 Å². The molecule has 0 radical (unpaired) electrons. The van der Waals surface area contributed by atoms with Gasteiger partial charge in [-0.15, -0.1) is 0 Å². The van der Waals surface area contributed by atoms with Crippen molar-refractivity contribution in [3.05, 3.63) is 0 Å². The van der Waals surface area contributed by atoms with Crippen LogP contribution >= 0.6 is 0 Å². The zero-order valence-electron chi connectivity index (χ0n) is 12.7. The van der Waals surface area contributed by atoms with E-state index in [-0.39, 0.29) is 18.4 Å². The molecule has 0 aromatic carbocycles. The van der Waals surface area contributed by atoms with Gasteiger partial charge in [-0.3, -0.25) is 4.79 Å². The second-order valence-electron chi connectivity index (χ2n) is 5.70. The molecule has 0 saturated carbocycles. The molecule has 3 heteroatoms. The zero-order valence-corrected chi connectivity index (χ0v) is 12.7. The number of aliphatic carboxylic acids is 1. The third-order valence-electron chi connectivity index (χ3n) is 3.84. The smallest absolute Gasteiger partial charge is 0.303 e. The van der Waals surface area contributed by atoms with E-state index in [0.717, 1.165) is 12.8 Å². The fraction of sp³-hybridized carbons (Fsp3) is 0.938. The van der Waals surface area contributed by atoms with Crippen LogP contribution in [0.3, 0.4) is 0 Å². The van der Waals surface area contributed by atoms with E-state index >= 15 is 0 Å². The van der Waals surface area contributed by atoms with Gasteiger partial charge in [-0.05, 0) is 25.7 Å². The largest absolute Gasteiger partial charge is 0.481 e. The van der Waals surface area contributed by atoms with Gasteiger partial charge in [0.15, 0.2) is 0 Å². The first-order valence-corrected chi connectivity index (χ1v) is 7.97. The summed E-state index contributed by atoms with van der Waals surface area (Å²) in [7, 11) is 0. The van der Waals surface area contributed by atoms with Crippen LogP contribution in [0.4, 0.5) is 0 Å². The normalized spacial score (nSPS) is 14.3. The fourth-order valence-corrected chi connectivity index (χ4v) is 2.48. The van der Waals surface area contributed by atoms with Gasteiger partial charge in [0.25, 0.3) is 0 Å². The summed E-state index contributed by atoms with van der Waals surface area (Å²) >= 11 is 0. The standard InChI is InChI=1S/C16H32O3/c1-3-4-5-6-7-8-9-10-11-15(14(2)17)12-13-16(18)19/h14-15,17H,3-13H2,1-2H3,(H,18,19). The zero-order chi connectivity index (χ0) is 14.5. The van der Waals surface area contributed by atoms with Crippen LogP contribution in [0.25, 0.3) is 0 Å². The van der Waals surface area contributed by atoms with Crippen LogP contribution in [0, 0.1) is 5.92 Å². The highest BCUT2D eigenvalue weighted by Crippen LogP contribution is 2.20. The van der Waals surface area contributed by atoms with Crippen LogP contribution in [0.15, 0.2) is 0 Å². The average molecular weight is 272 g/mol. The molecule has 2 N–H and O–H groups in total. The number of hydrogen-bond acceptors (Lipinski definition) is 2. The van der Waals surface area contributed by atoms with Crippen molar-refractivity contribution in [2.45, 2.75) is 90.6 Å². The summed E-state index contributed by atoms with van der Waals surface area (Å²) in [6.07, 6.45) is 11.6. The number of rotatable bonds is 13. The molecule has 0 amide bonds. The van der Waals surface area contributed by atoms with Gasteiger partial charge in [0, 0.05) is 6.42 Å². The molecule has 0 aliphatic carbocycles. The third kappa shape index (κ3) is 12.2. The molecule has 0 bridgehead atoms. The Balaban J connectivity index is 3.51. The lowest BCUT2D eigenvalue weighted by molar-refractivity contribution is -0.137. The van der Waals surface area contributed by atoms with E-state index in [2.05, 4.69) is 6.92 Å². The summed E-state index contributed by atoms with van der Waals surface area (Å²) in [5.41, 5.74) is 0. The Hall–Kier alpha value is -0.570. The average Bonchev–Trinajstić information content (AvgIpc) is 2.35. The summed E-state index contributed by atoms with van der Waals surface area (Å²) < 4.78 is 0. The lowest BCUT2D eigenvalue weighted by Gasteiger charge is -2.18. The van der Waals surface area contributed by atoms with Gasteiger partial charge >= 0.3 is 5.97 Å². The van der Waals surface area contributed by atoms with Gasteiger partial charge in [0.1, 0.15) is 0 Å². The Morgan fingerprint density at radius 1 is 0.947 bits per heavy atom. The fourth-order valence-electron chi connectivity index (χ4n) is 2.48. The van der Waals surface area contributed by atoms with E-state index in [1.165, 1.54) is 44.9 Å². The highest BCUT2D eigenvalue weighted by atomic mass is 16.4. The van der Waals surface area contributed by atoms with Crippen LogP contribution in [-0.2, 0) is 4.79 Å². The van der Waals surface area contributed by atoms with Crippen LogP contribution in [-0.4, -0.2) is 22.3 Å². The Morgan fingerprint density at radius 3 is 1.95 bits per heavy atom. The van der Waals surface area contributed by atoms with E-state index in [9.17, 15) is 9.90 Å². The molecule has 0 aliphatic heterocycles. The van der Waals surface area contributed by atoms with Crippen molar-refractivity contribution >= 4 is 5.97 Å². The first-order chi connectivity index (χ1) is 9.07. The first-order valence-electron chi connectivity index (χ1n) is 7.97. The molecule has 0 aromatic rings. The van der Waals surface area contributed by atoms with Gasteiger partial charge < -0.3 is 10.2 Å². The van der Waals surface area contributed by atoms with E-state index in [1.807, 2.05) is 0 Å². The maximum atomic E-state index is 10.5. The topological polar surface area (TPSA) is 57.5 Å². The van der Waals surface area contributed by atoms with Crippen LogP contribution in [0.5, 0.6) is 0 Å². The molecule has 0 fully saturated rings. The van der Waals surface area contributed by atoms with Crippen LogP contribution in [0.2, 0.25) is 0 Å². The van der Waals surface area contributed by atoms with Crippen molar-refractivity contribution in [1.82, 2.24) is 0 Å². The Kier molecular flexibility index (Phi) is 12.1. The predicted octanol–water partition coefficient (Wildman–Crippen LogP) is 4.38. The van der Waals surface area contributed by atoms with Crippen LogP contribution < -0.4 is 0 Å². The van der Waals surface area contributed by atoms with Gasteiger partial charge in [0.2, 0.25) is 0 Å². The van der Waals surface area contributed by atoms with Gasteiger partial charge in [0.05, 0.1) is 6.10 Å². The highest BCUT2D eigenvalue weighted by molar-refractivity contribution is 5.66. The summed E-state index contributed by atoms with van der Waals surface area (Å²) in [5, 5.41) is 18.3. The molecule has 0 heterocycles. The Morgan fingerprint density at radius 2 is 1.47 bits per heavy atom. The minimum Gasteiger partial charge on any atom is -0.481 e. The Labute approximate surface area is 118 Å². The summed E-state index contributed by atoms with van der Waals surface area (Å²) in [6.45, 7) is 4.00. The number of hydrogen-bond donors (Lipinski definition) is 2. The van der Waals surface area contributed by atoms with E-state index in [1.54, 1.807) is 6.92 Å². The monoisotopic (exact) mass is 272 g/mol. The molecule has 0 aliphatic rings. The minimum atomic E-state index is -0.762. The number of carboxylic acid groups (broad SMARTS) is 1.